The van der Waals surface area contributed by atoms with Crippen molar-refractivity contribution in [2.45, 2.75) is 0 Å². The molecule has 0 N–H and O–H groups in total. The molecule has 0 aromatic heterocycles. The zero-order chi connectivity index (χ0) is 16.6. The molecule has 1 heterocycles. The number of hydrogen-bond donors (Lipinski definition) is 0. The first-order valence-corrected chi connectivity index (χ1v) is 8.02. The van der Waals surface area contributed by atoms with Crippen LogP contribution in [0, 0.1) is 5.82 Å². The predicted molar refractivity (Wildman–Crippen MR) is 91.3 cm³/mol. The van der Waals surface area contributed by atoms with E-state index in [2.05, 4.69) is 0 Å². The lowest BCUT2D eigenvalue weighted by Crippen LogP contribution is -2.27. The monoisotopic (exact) mass is 367 g/mol. The minimum absolute atomic E-state index is 0.0794. The molecule has 116 valence electrons. The number of anilines is 1. The first-order valence-electron chi connectivity index (χ1n) is 6.45. The quantitative estimate of drug-likeness (QED) is 0.669. The highest BCUT2D eigenvalue weighted by molar-refractivity contribution is 8.19. The van der Waals surface area contributed by atoms with Crippen molar-refractivity contribution >= 4 is 57.9 Å². The molecule has 2 aromatic carbocycles. The lowest BCUT2D eigenvalue weighted by atomic mass is 10.2. The van der Waals surface area contributed by atoms with Gasteiger partial charge >= 0.3 is 0 Å². The number of carbonyl (C=O) groups is 2. The molecule has 3 rings (SSSR count). The van der Waals surface area contributed by atoms with Crippen LogP contribution in [0.5, 0.6) is 0 Å². The second kappa shape index (κ2) is 6.35. The average molecular weight is 368 g/mol. The number of benzene rings is 2. The minimum atomic E-state index is -0.559. The van der Waals surface area contributed by atoms with Crippen LogP contribution in [0.25, 0.3) is 6.08 Å². The maximum atomic E-state index is 13.8. The molecule has 2 amide bonds. The molecule has 1 aliphatic rings. The van der Waals surface area contributed by atoms with Crippen LogP contribution >= 0.6 is 35.0 Å². The second-order valence-electron chi connectivity index (χ2n) is 4.63. The van der Waals surface area contributed by atoms with Crippen molar-refractivity contribution < 1.29 is 14.0 Å². The van der Waals surface area contributed by atoms with E-state index in [-0.39, 0.29) is 15.5 Å². The Bertz CT molecular complexity index is 816. The summed E-state index contributed by atoms with van der Waals surface area (Å²) in [5.41, 5.74) is 0.482. The molecule has 2 aromatic rings. The van der Waals surface area contributed by atoms with Crippen LogP contribution in [-0.2, 0) is 4.79 Å². The third-order valence-corrected chi connectivity index (χ3v) is 4.60. The number of imide groups is 1. The molecular weight excluding hydrogens is 360 g/mol. The van der Waals surface area contributed by atoms with Gasteiger partial charge in [0.1, 0.15) is 5.82 Å². The van der Waals surface area contributed by atoms with Crippen LogP contribution in [0.3, 0.4) is 0 Å². The molecule has 0 bridgehead atoms. The Kier molecular flexibility index (Phi) is 4.43. The van der Waals surface area contributed by atoms with Gasteiger partial charge in [0.2, 0.25) is 0 Å². The van der Waals surface area contributed by atoms with Crippen molar-refractivity contribution in [1.29, 1.82) is 0 Å². The van der Waals surface area contributed by atoms with E-state index in [1.54, 1.807) is 24.3 Å². The molecule has 0 atom stereocenters. The Hall–Kier alpha value is -1.82. The van der Waals surface area contributed by atoms with Crippen LogP contribution in [-0.4, -0.2) is 11.1 Å². The fraction of sp³-hybridized carbons (Fsp3) is 0. The SMILES string of the molecule is O=C1S/C(=C\c2c(F)cccc2Cl)C(=O)N1c1ccc(Cl)cc1. The molecule has 23 heavy (non-hydrogen) atoms. The third-order valence-electron chi connectivity index (χ3n) is 3.15. The Morgan fingerprint density at radius 3 is 2.39 bits per heavy atom. The Labute approximate surface area is 145 Å². The first kappa shape index (κ1) is 16.1. The van der Waals surface area contributed by atoms with E-state index < -0.39 is 17.0 Å². The third kappa shape index (κ3) is 3.13. The number of amides is 2. The smallest absolute Gasteiger partial charge is 0.268 e. The van der Waals surface area contributed by atoms with Gasteiger partial charge < -0.3 is 0 Å². The van der Waals surface area contributed by atoms with Crippen LogP contribution < -0.4 is 4.90 Å². The highest BCUT2D eigenvalue weighted by atomic mass is 35.5. The van der Waals surface area contributed by atoms with Crippen LogP contribution in [0.15, 0.2) is 47.4 Å². The average Bonchev–Trinajstić information content (AvgIpc) is 2.79. The summed E-state index contributed by atoms with van der Waals surface area (Å²) in [6.45, 7) is 0. The summed E-state index contributed by atoms with van der Waals surface area (Å²) in [4.78, 5) is 25.7. The predicted octanol–water partition coefficient (Wildman–Crippen LogP) is 5.37. The van der Waals surface area contributed by atoms with Gasteiger partial charge in [0.05, 0.1) is 15.6 Å². The fourth-order valence-corrected chi connectivity index (χ4v) is 3.23. The Morgan fingerprint density at radius 2 is 1.74 bits per heavy atom. The zero-order valence-corrected chi connectivity index (χ0v) is 13.8. The summed E-state index contributed by atoms with van der Waals surface area (Å²) in [5, 5.41) is 0.203. The number of thioether (sulfide) groups is 1. The number of rotatable bonds is 2. The number of hydrogen-bond acceptors (Lipinski definition) is 3. The van der Waals surface area contributed by atoms with Crippen molar-refractivity contribution in [1.82, 2.24) is 0 Å². The van der Waals surface area contributed by atoms with Gasteiger partial charge in [-0.05, 0) is 54.2 Å². The van der Waals surface area contributed by atoms with Gasteiger partial charge in [-0.3, -0.25) is 9.59 Å². The van der Waals surface area contributed by atoms with Gasteiger partial charge in [0.15, 0.2) is 0 Å². The lowest BCUT2D eigenvalue weighted by Gasteiger charge is -2.12. The van der Waals surface area contributed by atoms with Gasteiger partial charge in [-0.1, -0.05) is 29.3 Å². The van der Waals surface area contributed by atoms with Gasteiger partial charge in [-0.15, -0.1) is 0 Å². The van der Waals surface area contributed by atoms with Crippen molar-refractivity contribution in [3.8, 4) is 0 Å². The van der Waals surface area contributed by atoms with Crippen LogP contribution in [0.1, 0.15) is 5.56 Å². The highest BCUT2D eigenvalue weighted by Crippen LogP contribution is 2.37. The molecule has 1 aliphatic heterocycles. The van der Waals surface area contributed by atoms with E-state index in [9.17, 15) is 14.0 Å². The summed E-state index contributed by atoms with van der Waals surface area (Å²) < 4.78 is 13.8. The fourth-order valence-electron chi connectivity index (χ4n) is 2.06. The van der Waals surface area contributed by atoms with E-state index in [1.807, 2.05) is 0 Å². The summed E-state index contributed by atoms with van der Waals surface area (Å²) >= 11 is 12.5. The molecular formula is C16H8Cl2FNO2S. The molecule has 1 saturated heterocycles. The van der Waals surface area contributed by atoms with Gasteiger partial charge in [-0.2, -0.15) is 0 Å². The summed E-state index contributed by atoms with van der Waals surface area (Å²) in [7, 11) is 0. The van der Waals surface area contributed by atoms with Crippen molar-refractivity contribution in [3.63, 3.8) is 0 Å². The van der Waals surface area contributed by atoms with Crippen molar-refractivity contribution in [3.05, 3.63) is 68.8 Å². The zero-order valence-electron chi connectivity index (χ0n) is 11.4. The van der Waals surface area contributed by atoms with Crippen molar-refractivity contribution in [2.24, 2.45) is 0 Å². The van der Waals surface area contributed by atoms with Gasteiger partial charge in [0.25, 0.3) is 11.1 Å². The molecule has 1 fully saturated rings. The molecule has 0 saturated carbocycles. The van der Waals surface area contributed by atoms with Crippen molar-refractivity contribution in [2.75, 3.05) is 4.90 Å². The summed E-state index contributed by atoms with van der Waals surface area (Å²) in [6, 6.07) is 10.5. The standard InChI is InChI=1S/C16H8Cl2FNO2S/c17-9-4-6-10(7-5-9)20-15(21)14(23-16(20)22)8-11-12(18)2-1-3-13(11)19/h1-8H/b14-8-. The van der Waals surface area contributed by atoms with Crippen LogP contribution in [0.2, 0.25) is 10.0 Å². The summed E-state index contributed by atoms with van der Waals surface area (Å²) in [6.07, 6.45) is 1.29. The second-order valence-corrected chi connectivity index (χ2v) is 6.47. The van der Waals surface area contributed by atoms with Crippen LogP contribution in [0.4, 0.5) is 14.9 Å². The molecule has 0 aliphatic carbocycles. The Balaban J connectivity index is 1.98. The molecule has 0 unspecified atom stereocenters. The maximum absolute atomic E-state index is 13.8. The topological polar surface area (TPSA) is 37.4 Å². The normalized spacial score (nSPS) is 16.5. The molecule has 0 radical (unpaired) electrons. The summed E-state index contributed by atoms with van der Waals surface area (Å²) in [5.74, 6) is -1.09. The van der Waals surface area contributed by atoms with E-state index in [4.69, 9.17) is 23.2 Å². The van der Waals surface area contributed by atoms with E-state index in [0.29, 0.717) is 10.7 Å². The lowest BCUT2D eigenvalue weighted by molar-refractivity contribution is -0.113. The molecule has 0 spiro atoms. The molecule has 7 heteroatoms. The van der Waals surface area contributed by atoms with E-state index >= 15 is 0 Å². The first-order chi connectivity index (χ1) is 11.0. The van der Waals surface area contributed by atoms with Gasteiger partial charge in [-0.25, -0.2) is 9.29 Å². The number of carbonyl (C=O) groups excluding carboxylic acids is 2. The molecule has 3 nitrogen and oxygen atoms in total. The van der Waals surface area contributed by atoms with Gasteiger partial charge in [0, 0.05) is 10.6 Å². The van der Waals surface area contributed by atoms with E-state index in [0.717, 1.165) is 16.7 Å². The minimum Gasteiger partial charge on any atom is -0.268 e. The highest BCUT2D eigenvalue weighted by Gasteiger charge is 2.36. The maximum Gasteiger partial charge on any atom is 0.298 e. The number of halogens is 3. The Morgan fingerprint density at radius 1 is 1.04 bits per heavy atom. The number of nitrogens with zero attached hydrogens (tertiary/aromatic N) is 1. The largest absolute Gasteiger partial charge is 0.298 e. The van der Waals surface area contributed by atoms with E-state index in [1.165, 1.54) is 24.3 Å².